The first-order valence-electron chi connectivity index (χ1n) is 6.24. The highest BCUT2D eigenvalue weighted by Gasteiger charge is 2.32. The molecule has 0 saturated heterocycles. The highest BCUT2D eigenvalue weighted by Crippen LogP contribution is 2.27. The van der Waals surface area contributed by atoms with Crippen LogP contribution in [-0.4, -0.2) is 36.3 Å². The molecular weight excluding hydrogens is 303 g/mol. The second kappa shape index (κ2) is 7.12. The number of hydrogen-bond donors (Lipinski definition) is 2. The molecular formula is C13H16F3N3O3. The first kappa shape index (κ1) is 17.8. The van der Waals surface area contributed by atoms with Crippen LogP contribution in [0.1, 0.15) is 12.5 Å². The fourth-order valence-electron chi connectivity index (χ4n) is 1.69. The molecule has 1 aromatic rings. The van der Waals surface area contributed by atoms with Gasteiger partial charge in [-0.25, -0.2) is 4.79 Å². The van der Waals surface area contributed by atoms with Crippen molar-refractivity contribution in [2.45, 2.75) is 25.9 Å². The molecule has 6 nitrogen and oxygen atoms in total. The molecule has 3 amide bonds. The number of likely N-dealkylation sites (N-methyl/N-ethyl adjacent to an activating group) is 1. The van der Waals surface area contributed by atoms with Crippen LogP contribution in [0.15, 0.2) is 24.3 Å². The van der Waals surface area contributed by atoms with Crippen LogP contribution < -0.4 is 15.8 Å². The number of carbonyl (C=O) groups excluding carboxylic acids is 2. The van der Waals surface area contributed by atoms with Crippen LogP contribution in [0.3, 0.4) is 0 Å². The number of rotatable bonds is 5. The Labute approximate surface area is 125 Å². The second-order valence-electron chi connectivity index (χ2n) is 4.60. The summed E-state index contributed by atoms with van der Waals surface area (Å²) in [5, 5.41) is 1.91. The number of amides is 3. The maximum atomic E-state index is 12.3. The molecule has 1 rings (SSSR count). The molecule has 1 aromatic carbocycles. The van der Waals surface area contributed by atoms with Crippen molar-refractivity contribution in [3.05, 3.63) is 29.8 Å². The molecule has 0 aliphatic carbocycles. The molecule has 0 aliphatic rings. The number of nitrogens with two attached hydrogens (primary N) is 1. The van der Waals surface area contributed by atoms with E-state index < -0.39 is 24.3 Å². The number of para-hydroxylation sites is 1. The van der Waals surface area contributed by atoms with Crippen molar-refractivity contribution in [1.82, 2.24) is 10.2 Å². The van der Waals surface area contributed by atoms with Crippen LogP contribution in [0.5, 0.6) is 5.75 Å². The number of imide groups is 1. The molecule has 0 unspecified atom stereocenters. The van der Waals surface area contributed by atoms with Gasteiger partial charge in [0, 0.05) is 12.1 Å². The van der Waals surface area contributed by atoms with Crippen LogP contribution >= 0.6 is 0 Å². The van der Waals surface area contributed by atoms with E-state index in [0.717, 1.165) is 0 Å². The Bertz CT molecular complexity index is 549. The third-order valence-corrected chi connectivity index (χ3v) is 2.91. The number of alkyl halides is 3. The second-order valence-corrected chi connectivity index (χ2v) is 4.60. The lowest BCUT2D eigenvalue weighted by Crippen LogP contribution is -2.46. The quantitative estimate of drug-likeness (QED) is 0.863. The average Bonchev–Trinajstić information content (AvgIpc) is 2.37. The number of benzene rings is 1. The van der Waals surface area contributed by atoms with Crippen molar-refractivity contribution in [3.63, 3.8) is 0 Å². The summed E-state index contributed by atoms with van der Waals surface area (Å²) in [4.78, 5) is 23.7. The van der Waals surface area contributed by atoms with Crippen LogP contribution in [0.25, 0.3) is 0 Å². The third kappa shape index (κ3) is 5.60. The summed E-state index contributed by atoms with van der Waals surface area (Å²) in [6, 6.07) is 3.84. The van der Waals surface area contributed by atoms with Gasteiger partial charge in [-0.2, -0.15) is 0 Å². The highest BCUT2D eigenvalue weighted by atomic mass is 19.4. The Morgan fingerprint density at radius 3 is 2.50 bits per heavy atom. The molecule has 0 bridgehead atoms. The molecule has 1 atom stereocenters. The number of nitrogens with zero attached hydrogens (tertiary/aromatic N) is 1. The zero-order valence-electron chi connectivity index (χ0n) is 12.0. The fraction of sp³-hybridized carbons (Fsp3) is 0.385. The molecule has 0 fully saturated rings. The lowest BCUT2D eigenvalue weighted by Gasteiger charge is -2.24. The first-order valence-corrected chi connectivity index (χ1v) is 6.24. The standard InChI is InChI=1S/C13H16F3N3O3/c1-8(11(20)18-12(17)21)19(2)7-9-5-3-4-6-10(9)22-13(14,15)16/h3-6,8H,7H2,1-2H3,(H3,17,18,20,21)/t8-/m1/s1. The summed E-state index contributed by atoms with van der Waals surface area (Å²) in [5.41, 5.74) is 5.09. The monoisotopic (exact) mass is 319 g/mol. The van der Waals surface area contributed by atoms with Gasteiger partial charge in [-0.15, -0.1) is 13.2 Å². The topological polar surface area (TPSA) is 84.7 Å². The van der Waals surface area contributed by atoms with Crippen molar-refractivity contribution in [2.24, 2.45) is 5.73 Å². The summed E-state index contributed by atoms with van der Waals surface area (Å²) < 4.78 is 41.0. The molecule has 0 aliphatic heterocycles. The van der Waals surface area contributed by atoms with Gasteiger partial charge < -0.3 is 10.5 Å². The Morgan fingerprint density at radius 2 is 1.95 bits per heavy atom. The van der Waals surface area contributed by atoms with Crippen LogP contribution in [0.4, 0.5) is 18.0 Å². The maximum absolute atomic E-state index is 12.3. The first-order chi connectivity index (χ1) is 10.1. The Hall–Kier alpha value is -2.29. The Balaban J connectivity index is 2.81. The van der Waals surface area contributed by atoms with Gasteiger partial charge in [-0.3, -0.25) is 15.0 Å². The van der Waals surface area contributed by atoms with E-state index in [1.165, 1.54) is 37.1 Å². The van der Waals surface area contributed by atoms with Gasteiger partial charge in [-0.05, 0) is 20.0 Å². The van der Waals surface area contributed by atoms with Crippen molar-refractivity contribution < 1.29 is 27.5 Å². The van der Waals surface area contributed by atoms with E-state index in [0.29, 0.717) is 0 Å². The van der Waals surface area contributed by atoms with Crippen LogP contribution in [0.2, 0.25) is 0 Å². The molecule has 3 N–H and O–H groups in total. The van der Waals surface area contributed by atoms with E-state index in [-0.39, 0.29) is 17.9 Å². The smallest absolute Gasteiger partial charge is 0.405 e. The predicted octanol–water partition coefficient (Wildman–Crippen LogP) is 1.60. The van der Waals surface area contributed by atoms with E-state index in [4.69, 9.17) is 5.73 Å². The number of ether oxygens (including phenoxy) is 1. The van der Waals surface area contributed by atoms with E-state index in [1.54, 1.807) is 6.07 Å². The number of primary amides is 1. The van der Waals surface area contributed by atoms with Gasteiger partial charge in [0.05, 0.1) is 6.04 Å². The largest absolute Gasteiger partial charge is 0.573 e. The predicted molar refractivity (Wildman–Crippen MR) is 71.8 cm³/mol. The fourth-order valence-corrected chi connectivity index (χ4v) is 1.69. The highest BCUT2D eigenvalue weighted by molar-refractivity contribution is 5.96. The molecule has 9 heteroatoms. The van der Waals surface area contributed by atoms with Gasteiger partial charge >= 0.3 is 12.4 Å². The van der Waals surface area contributed by atoms with Crippen LogP contribution in [0, 0.1) is 0 Å². The normalized spacial score (nSPS) is 12.8. The van der Waals surface area contributed by atoms with Gasteiger partial charge in [0.15, 0.2) is 0 Å². The number of hydrogen-bond acceptors (Lipinski definition) is 4. The number of halogens is 3. The SMILES string of the molecule is C[C@H](C(=O)NC(N)=O)N(C)Cc1ccccc1OC(F)(F)F. The number of urea groups is 1. The lowest BCUT2D eigenvalue weighted by molar-refractivity contribution is -0.275. The van der Waals surface area contributed by atoms with E-state index >= 15 is 0 Å². The van der Waals surface area contributed by atoms with E-state index in [2.05, 4.69) is 4.74 Å². The van der Waals surface area contributed by atoms with Crippen molar-refractivity contribution in [1.29, 1.82) is 0 Å². The zero-order valence-corrected chi connectivity index (χ0v) is 12.0. The third-order valence-electron chi connectivity index (χ3n) is 2.91. The molecule has 0 heterocycles. The van der Waals surface area contributed by atoms with Crippen molar-refractivity contribution in [3.8, 4) is 5.75 Å². The summed E-state index contributed by atoms with van der Waals surface area (Å²) in [5.74, 6) is -0.992. The minimum Gasteiger partial charge on any atom is -0.405 e. The molecule has 22 heavy (non-hydrogen) atoms. The summed E-state index contributed by atoms with van der Waals surface area (Å²) in [6.45, 7) is 1.51. The Kier molecular flexibility index (Phi) is 5.75. The summed E-state index contributed by atoms with van der Waals surface area (Å²) in [7, 11) is 1.52. The maximum Gasteiger partial charge on any atom is 0.573 e. The van der Waals surface area contributed by atoms with Crippen molar-refractivity contribution in [2.75, 3.05) is 7.05 Å². The van der Waals surface area contributed by atoms with Gasteiger partial charge in [-0.1, -0.05) is 18.2 Å². The lowest BCUT2D eigenvalue weighted by atomic mass is 10.1. The number of carbonyl (C=O) groups is 2. The molecule has 0 radical (unpaired) electrons. The molecule has 122 valence electrons. The molecule has 0 saturated carbocycles. The van der Waals surface area contributed by atoms with Crippen molar-refractivity contribution >= 4 is 11.9 Å². The van der Waals surface area contributed by atoms with E-state index in [9.17, 15) is 22.8 Å². The molecule has 0 aromatic heterocycles. The van der Waals surface area contributed by atoms with Gasteiger partial charge in [0.2, 0.25) is 5.91 Å². The molecule has 0 spiro atoms. The van der Waals surface area contributed by atoms with Gasteiger partial charge in [0.1, 0.15) is 5.75 Å². The minimum atomic E-state index is -4.80. The summed E-state index contributed by atoms with van der Waals surface area (Å²) in [6.07, 6.45) is -4.80. The zero-order chi connectivity index (χ0) is 16.9. The van der Waals surface area contributed by atoms with E-state index in [1.807, 2.05) is 5.32 Å². The van der Waals surface area contributed by atoms with Gasteiger partial charge in [0.25, 0.3) is 0 Å². The van der Waals surface area contributed by atoms with Crippen LogP contribution in [-0.2, 0) is 11.3 Å². The average molecular weight is 319 g/mol. The summed E-state index contributed by atoms with van der Waals surface area (Å²) >= 11 is 0. The Morgan fingerprint density at radius 1 is 1.36 bits per heavy atom. The minimum absolute atomic E-state index is 0.0135. The number of nitrogens with one attached hydrogen (secondary N) is 1.